The van der Waals surface area contributed by atoms with Gasteiger partial charge < -0.3 is 10.4 Å². The van der Waals surface area contributed by atoms with E-state index in [1.807, 2.05) is 20.8 Å². The minimum absolute atomic E-state index is 0.128. The van der Waals surface area contributed by atoms with Gasteiger partial charge in [-0.25, -0.2) is 14.4 Å². The van der Waals surface area contributed by atoms with Crippen LogP contribution in [0.2, 0.25) is 0 Å². The molecule has 0 aromatic carbocycles. The van der Waals surface area contributed by atoms with Crippen molar-refractivity contribution in [3.63, 3.8) is 0 Å². The molecular weight excluding hydrogens is 209 g/mol. The molecule has 1 rings (SSSR count). The van der Waals surface area contributed by atoms with Crippen LogP contribution in [0.3, 0.4) is 0 Å². The van der Waals surface area contributed by atoms with Crippen molar-refractivity contribution in [2.45, 2.75) is 33.3 Å². The van der Waals surface area contributed by atoms with Crippen LogP contribution in [0.1, 0.15) is 26.5 Å². The predicted octanol–water partition coefficient (Wildman–Crippen LogP) is 1.61. The average molecular weight is 227 g/mol. The third-order valence-electron chi connectivity index (χ3n) is 2.44. The lowest BCUT2D eigenvalue weighted by molar-refractivity contribution is 0.137. The zero-order chi connectivity index (χ0) is 12.1. The Kier molecular flexibility index (Phi) is 4.61. The third kappa shape index (κ3) is 3.13. The van der Waals surface area contributed by atoms with Crippen molar-refractivity contribution in [2.75, 3.05) is 11.9 Å². The molecule has 90 valence electrons. The number of halogens is 1. The largest absolute Gasteiger partial charge is 0.391 e. The third-order valence-corrected chi connectivity index (χ3v) is 2.44. The lowest BCUT2D eigenvalue weighted by Gasteiger charge is -2.15. The Morgan fingerprint density at radius 2 is 2.12 bits per heavy atom. The molecule has 0 aliphatic carbocycles. The highest BCUT2D eigenvalue weighted by molar-refractivity contribution is 5.37. The Morgan fingerprint density at radius 1 is 1.44 bits per heavy atom. The summed E-state index contributed by atoms with van der Waals surface area (Å²) < 4.78 is 13.7. The SMILES string of the molecule is CCc1ncnc(NCC(O)C(C)C)c1F. The molecule has 0 saturated carbocycles. The van der Waals surface area contributed by atoms with E-state index in [1.54, 1.807) is 0 Å². The van der Waals surface area contributed by atoms with Gasteiger partial charge in [0.1, 0.15) is 6.33 Å². The van der Waals surface area contributed by atoms with Crippen LogP contribution in [0.4, 0.5) is 10.2 Å². The molecule has 4 nitrogen and oxygen atoms in total. The van der Waals surface area contributed by atoms with Gasteiger partial charge in [0.05, 0.1) is 11.8 Å². The van der Waals surface area contributed by atoms with Crippen molar-refractivity contribution < 1.29 is 9.50 Å². The van der Waals surface area contributed by atoms with Gasteiger partial charge in [-0.3, -0.25) is 0 Å². The summed E-state index contributed by atoms with van der Waals surface area (Å²) in [6.07, 6.45) is 1.33. The number of hydrogen-bond acceptors (Lipinski definition) is 4. The van der Waals surface area contributed by atoms with Gasteiger partial charge in [0.25, 0.3) is 0 Å². The van der Waals surface area contributed by atoms with Crippen molar-refractivity contribution in [1.29, 1.82) is 0 Å². The fourth-order valence-electron chi connectivity index (χ4n) is 1.21. The van der Waals surface area contributed by atoms with Crippen LogP contribution in [0, 0.1) is 11.7 Å². The van der Waals surface area contributed by atoms with Gasteiger partial charge in [-0.2, -0.15) is 0 Å². The van der Waals surface area contributed by atoms with Crippen LogP contribution < -0.4 is 5.32 Å². The summed E-state index contributed by atoms with van der Waals surface area (Å²) in [5.74, 6) is -0.143. The van der Waals surface area contributed by atoms with E-state index in [0.29, 0.717) is 12.1 Å². The second-order valence-electron chi connectivity index (χ2n) is 4.03. The molecular formula is C11H18FN3O. The normalized spacial score (nSPS) is 12.9. The number of nitrogens with one attached hydrogen (secondary N) is 1. The van der Waals surface area contributed by atoms with Gasteiger partial charge in [0, 0.05) is 6.54 Å². The van der Waals surface area contributed by atoms with E-state index in [0.717, 1.165) is 0 Å². The number of nitrogens with zero attached hydrogens (tertiary/aromatic N) is 2. The van der Waals surface area contributed by atoms with Crippen LogP contribution in [-0.2, 0) is 6.42 Å². The molecule has 1 aromatic heterocycles. The first kappa shape index (κ1) is 12.8. The van der Waals surface area contributed by atoms with Gasteiger partial charge in [0.2, 0.25) is 0 Å². The first-order valence-electron chi connectivity index (χ1n) is 5.47. The second-order valence-corrected chi connectivity index (χ2v) is 4.03. The Labute approximate surface area is 94.9 Å². The lowest BCUT2D eigenvalue weighted by atomic mass is 10.1. The highest BCUT2D eigenvalue weighted by atomic mass is 19.1. The molecule has 0 spiro atoms. The Balaban J connectivity index is 2.67. The maximum absolute atomic E-state index is 13.7. The van der Waals surface area contributed by atoms with Gasteiger partial charge in [-0.1, -0.05) is 20.8 Å². The summed E-state index contributed by atoms with van der Waals surface area (Å²) in [6, 6.07) is 0. The van der Waals surface area contributed by atoms with Gasteiger partial charge >= 0.3 is 0 Å². The molecule has 5 heteroatoms. The maximum Gasteiger partial charge on any atom is 0.186 e. The molecule has 1 heterocycles. The van der Waals surface area contributed by atoms with Crippen LogP contribution in [0.15, 0.2) is 6.33 Å². The molecule has 0 amide bonds. The van der Waals surface area contributed by atoms with Crippen molar-refractivity contribution in [3.05, 3.63) is 17.8 Å². The van der Waals surface area contributed by atoms with Gasteiger partial charge in [-0.15, -0.1) is 0 Å². The number of aliphatic hydroxyl groups excluding tert-OH is 1. The summed E-state index contributed by atoms with van der Waals surface area (Å²) in [7, 11) is 0. The molecule has 0 radical (unpaired) electrons. The van der Waals surface area contributed by atoms with Crippen molar-refractivity contribution >= 4 is 5.82 Å². The minimum Gasteiger partial charge on any atom is -0.391 e. The predicted molar refractivity (Wildman–Crippen MR) is 60.7 cm³/mol. The molecule has 2 N–H and O–H groups in total. The van der Waals surface area contributed by atoms with Crippen LogP contribution >= 0.6 is 0 Å². The first-order chi connectivity index (χ1) is 7.56. The van der Waals surface area contributed by atoms with E-state index >= 15 is 0 Å². The Hall–Kier alpha value is -1.23. The molecule has 0 saturated heterocycles. The maximum atomic E-state index is 13.7. The summed E-state index contributed by atoms with van der Waals surface area (Å²) in [4.78, 5) is 7.64. The first-order valence-corrected chi connectivity index (χ1v) is 5.47. The highest BCUT2D eigenvalue weighted by Crippen LogP contribution is 2.13. The Bertz CT molecular complexity index is 344. The molecule has 1 unspecified atom stereocenters. The van der Waals surface area contributed by atoms with Gasteiger partial charge in [0.15, 0.2) is 11.6 Å². The van der Waals surface area contributed by atoms with E-state index in [9.17, 15) is 9.50 Å². The highest BCUT2D eigenvalue weighted by Gasteiger charge is 2.12. The van der Waals surface area contributed by atoms with E-state index in [2.05, 4.69) is 15.3 Å². The van der Waals surface area contributed by atoms with Crippen LogP contribution in [0.25, 0.3) is 0 Å². The quantitative estimate of drug-likeness (QED) is 0.802. The van der Waals surface area contributed by atoms with E-state index in [4.69, 9.17) is 0 Å². The molecule has 0 fully saturated rings. The standard InChI is InChI=1S/C11H18FN3O/c1-4-8-10(12)11(15-6-14-8)13-5-9(16)7(2)3/h6-7,9,16H,4-5H2,1-3H3,(H,13,14,15). The van der Waals surface area contributed by atoms with E-state index in [-0.39, 0.29) is 18.3 Å². The number of aryl methyl sites for hydroxylation is 1. The van der Waals surface area contributed by atoms with Crippen LogP contribution in [-0.4, -0.2) is 27.7 Å². The number of hydrogen-bond donors (Lipinski definition) is 2. The van der Waals surface area contributed by atoms with Crippen molar-refractivity contribution in [2.24, 2.45) is 5.92 Å². The van der Waals surface area contributed by atoms with Gasteiger partial charge in [-0.05, 0) is 12.3 Å². The smallest absolute Gasteiger partial charge is 0.186 e. The minimum atomic E-state index is -0.514. The fourth-order valence-corrected chi connectivity index (χ4v) is 1.21. The second kappa shape index (κ2) is 5.75. The van der Waals surface area contributed by atoms with E-state index in [1.165, 1.54) is 6.33 Å². The molecule has 0 aliphatic rings. The number of anilines is 1. The molecule has 1 atom stereocenters. The monoisotopic (exact) mass is 227 g/mol. The molecule has 0 aliphatic heterocycles. The average Bonchev–Trinajstić information content (AvgIpc) is 2.27. The molecule has 16 heavy (non-hydrogen) atoms. The van der Waals surface area contributed by atoms with Crippen molar-refractivity contribution in [3.8, 4) is 0 Å². The summed E-state index contributed by atoms with van der Waals surface area (Å²) in [5.41, 5.74) is 0.386. The summed E-state index contributed by atoms with van der Waals surface area (Å²) in [5, 5.41) is 12.4. The summed E-state index contributed by atoms with van der Waals surface area (Å²) in [6.45, 7) is 5.92. The van der Waals surface area contributed by atoms with E-state index < -0.39 is 11.9 Å². The Morgan fingerprint density at radius 3 is 2.69 bits per heavy atom. The number of rotatable bonds is 5. The zero-order valence-corrected chi connectivity index (χ0v) is 9.87. The summed E-state index contributed by atoms with van der Waals surface area (Å²) >= 11 is 0. The van der Waals surface area contributed by atoms with Crippen LogP contribution in [0.5, 0.6) is 0 Å². The number of aliphatic hydroxyl groups is 1. The topological polar surface area (TPSA) is 58.0 Å². The molecule has 1 aromatic rings. The fraction of sp³-hybridized carbons (Fsp3) is 0.636. The zero-order valence-electron chi connectivity index (χ0n) is 9.87. The van der Waals surface area contributed by atoms with Crippen molar-refractivity contribution in [1.82, 2.24) is 9.97 Å². The lowest BCUT2D eigenvalue weighted by Crippen LogP contribution is -2.25. The molecule has 0 bridgehead atoms. The number of aromatic nitrogens is 2.